The molecule has 1 aliphatic rings. The summed E-state index contributed by atoms with van der Waals surface area (Å²) in [6, 6.07) is 2.99. The van der Waals surface area contributed by atoms with Crippen molar-refractivity contribution < 1.29 is 0 Å². The van der Waals surface area contributed by atoms with E-state index in [0.717, 1.165) is 25.1 Å². The molecule has 1 fully saturated rings. The van der Waals surface area contributed by atoms with Crippen LogP contribution in [-0.2, 0) is 6.54 Å². The molecule has 1 aliphatic carbocycles. The maximum absolute atomic E-state index is 5.81. The second kappa shape index (κ2) is 3.89. The Morgan fingerprint density at radius 3 is 3.15 bits per heavy atom. The van der Waals surface area contributed by atoms with E-state index in [4.69, 9.17) is 5.73 Å². The average Bonchev–Trinajstić information content (AvgIpc) is 2.71. The van der Waals surface area contributed by atoms with E-state index in [9.17, 15) is 0 Å². The summed E-state index contributed by atoms with van der Waals surface area (Å²) in [6.45, 7) is 0.872. The molecule has 2 rings (SSSR count). The van der Waals surface area contributed by atoms with Gasteiger partial charge in [-0.1, -0.05) is 0 Å². The topological polar surface area (TPSA) is 66.7 Å². The molecule has 0 aromatic carbocycles. The predicted molar refractivity (Wildman–Crippen MR) is 51.0 cm³/mol. The van der Waals surface area contributed by atoms with Gasteiger partial charge in [0.05, 0.1) is 0 Å². The van der Waals surface area contributed by atoms with Crippen molar-refractivity contribution in [2.75, 3.05) is 0 Å². The van der Waals surface area contributed by atoms with E-state index in [1.54, 1.807) is 6.20 Å². The van der Waals surface area contributed by atoms with Gasteiger partial charge in [-0.3, -0.25) is 5.10 Å². The highest BCUT2D eigenvalue weighted by molar-refractivity contribution is 4.97. The number of hydrogen-bond acceptors (Lipinski definition) is 3. The first-order valence-corrected chi connectivity index (χ1v) is 4.82. The van der Waals surface area contributed by atoms with Gasteiger partial charge in [0.2, 0.25) is 0 Å². The Morgan fingerprint density at radius 2 is 2.54 bits per heavy atom. The Hall–Kier alpha value is -0.870. The molecule has 13 heavy (non-hydrogen) atoms. The van der Waals surface area contributed by atoms with Gasteiger partial charge in [0.1, 0.15) is 0 Å². The molecule has 4 N–H and O–H groups in total. The van der Waals surface area contributed by atoms with Gasteiger partial charge in [-0.05, 0) is 25.3 Å². The Labute approximate surface area is 77.9 Å². The van der Waals surface area contributed by atoms with Gasteiger partial charge >= 0.3 is 0 Å². The van der Waals surface area contributed by atoms with Crippen molar-refractivity contribution in [1.82, 2.24) is 15.5 Å². The zero-order valence-electron chi connectivity index (χ0n) is 7.66. The number of rotatable bonds is 3. The lowest BCUT2D eigenvalue weighted by Gasteiger charge is -2.10. The normalized spacial score (nSPS) is 28.1. The minimum Gasteiger partial charge on any atom is -0.328 e. The highest BCUT2D eigenvalue weighted by atomic mass is 15.1. The third kappa shape index (κ3) is 2.29. The van der Waals surface area contributed by atoms with Gasteiger partial charge < -0.3 is 11.1 Å². The van der Waals surface area contributed by atoms with Gasteiger partial charge in [-0.2, -0.15) is 5.10 Å². The van der Waals surface area contributed by atoms with Crippen LogP contribution in [0.5, 0.6) is 0 Å². The van der Waals surface area contributed by atoms with Crippen molar-refractivity contribution >= 4 is 0 Å². The molecule has 4 nitrogen and oxygen atoms in total. The minimum absolute atomic E-state index is 0.402. The molecule has 2 atom stereocenters. The van der Waals surface area contributed by atoms with Gasteiger partial charge in [0, 0.05) is 30.5 Å². The second-order valence-corrected chi connectivity index (χ2v) is 3.73. The number of aromatic nitrogens is 2. The summed E-state index contributed by atoms with van der Waals surface area (Å²) in [5.41, 5.74) is 6.95. The van der Waals surface area contributed by atoms with E-state index < -0.39 is 0 Å². The molecule has 1 saturated carbocycles. The molecule has 2 unspecified atom stereocenters. The van der Waals surface area contributed by atoms with Crippen molar-refractivity contribution in [3.63, 3.8) is 0 Å². The van der Waals surface area contributed by atoms with Gasteiger partial charge in [0.25, 0.3) is 0 Å². The van der Waals surface area contributed by atoms with Crippen LogP contribution in [0.25, 0.3) is 0 Å². The van der Waals surface area contributed by atoms with Crippen molar-refractivity contribution in [3.05, 3.63) is 18.0 Å². The fourth-order valence-corrected chi connectivity index (χ4v) is 1.84. The van der Waals surface area contributed by atoms with Crippen LogP contribution in [0.1, 0.15) is 25.0 Å². The standard InChI is InChI=1S/C9H16N4/c10-7-1-2-8(5-7)11-6-9-3-4-12-13-9/h3-4,7-8,11H,1-2,5-6,10H2,(H,12,13). The number of nitrogens with zero attached hydrogens (tertiary/aromatic N) is 1. The van der Waals surface area contributed by atoms with E-state index in [2.05, 4.69) is 15.5 Å². The number of aromatic amines is 1. The monoisotopic (exact) mass is 180 g/mol. The highest BCUT2D eigenvalue weighted by Gasteiger charge is 2.20. The van der Waals surface area contributed by atoms with Crippen LogP contribution in [0.15, 0.2) is 12.3 Å². The number of H-pyrrole nitrogens is 1. The largest absolute Gasteiger partial charge is 0.328 e. The first-order chi connectivity index (χ1) is 6.34. The second-order valence-electron chi connectivity index (χ2n) is 3.73. The molecule has 72 valence electrons. The lowest BCUT2D eigenvalue weighted by Crippen LogP contribution is -2.28. The molecule has 1 aromatic heterocycles. The summed E-state index contributed by atoms with van der Waals surface area (Å²) in [5.74, 6) is 0. The van der Waals surface area contributed by atoms with Gasteiger partial charge in [0.15, 0.2) is 0 Å². The molecule has 0 spiro atoms. The Bertz CT molecular complexity index is 244. The Kier molecular flexibility index (Phi) is 2.61. The summed E-state index contributed by atoms with van der Waals surface area (Å²) in [7, 11) is 0. The van der Waals surface area contributed by atoms with Gasteiger partial charge in [-0.15, -0.1) is 0 Å². The van der Waals surface area contributed by atoms with Crippen LogP contribution in [0.4, 0.5) is 0 Å². The van der Waals surface area contributed by atoms with Crippen LogP contribution in [0.2, 0.25) is 0 Å². The van der Waals surface area contributed by atoms with Crippen LogP contribution in [-0.4, -0.2) is 22.3 Å². The molecule has 0 radical (unpaired) electrons. The van der Waals surface area contributed by atoms with E-state index in [1.807, 2.05) is 6.07 Å². The van der Waals surface area contributed by atoms with Crippen molar-refractivity contribution in [2.45, 2.75) is 37.9 Å². The predicted octanol–water partition coefficient (Wildman–Crippen LogP) is 0.379. The van der Waals surface area contributed by atoms with E-state index >= 15 is 0 Å². The molecular weight excluding hydrogens is 164 g/mol. The third-order valence-electron chi connectivity index (χ3n) is 2.61. The lowest BCUT2D eigenvalue weighted by molar-refractivity contribution is 0.512. The van der Waals surface area contributed by atoms with E-state index in [-0.39, 0.29) is 0 Å². The molecule has 0 aliphatic heterocycles. The molecule has 1 heterocycles. The fourth-order valence-electron chi connectivity index (χ4n) is 1.84. The molecule has 0 saturated heterocycles. The van der Waals surface area contributed by atoms with Crippen LogP contribution >= 0.6 is 0 Å². The lowest BCUT2D eigenvalue weighted by atomic mass is 10.2. The molecule has 0 amide bonds. The zero-order valence-corrected chi connectivity index (χ0v) is 7.66. The number of nitrogens with two attached hydrogens (primary N) is 1. The molecule has 0 bridgehead atoms. The quantitative estimate of drug-likeness (QED) is 0.630. The van der Waals surface area contributed by atoms with E-state index in [1.165, 1.54) is 6.42 Å². The summed E-state index contributed by atoms with van der Waals surface area (Å²) in [4.78, 5) is 0. The maximum Gasteiger partial charge on any atom is 0.0490 e. The van der Waals surface area contributed by atoms with Crippen molar-refractivity contribution in [2.24, 2.45) is 5.73 Å². The van der Waals surface area contributed by atoms with Crippen molar-refractivity contribution in [1.29, 1.82) is 0 Å². The SMILES string of the molecule is NC1CCC(NCc2ccn[nH]2)C1. The van der Waals surface area contributed by atoms with Crippen LogP contribution in [0.3, 0.4) is 0 Å². The summed E-state index contributed by atoms with van der Waals surface area (Å²) < 4.78 is 0. The smallest absolute Gasteiger partial charge is 0.0490 e. The highest BCUT2D eigenvalue weighted by Crippen LogP contribution is 2.17. The summed E-state index contributed by atoms with van der Waals surface area (Å²) in [5, 5.41) is 10.3. The molecule has 4 heteroatoms. The van der Waals surface area contributed by atoms with Crippen LogP contribution in [0, 0.1) is 0 Å². The number of hydrogen-bond donors (Lipinski definition) is 3. The zero-order chi connectivity index (χ0) is 9.10. The van der Waals surface area contributed by atoms with E-state index in [0.29, 0.717) is 12.1 Å². The summed E-state index contributed by atoms with van der Waals surface area (Å²) in [6.07, 6.45) is 5.24. The maximum atomic E-state index is 5.81. The average molecular weight is 180 g/mol. The fraction of sp³-hybridized carbons (Fsp3) is 0.667. The minimum atomic E-state index is 0.402. The van der Waals surface area contributed by atoms with Crippen molar-refractivity contribution in [3.8, 4) is 0 Å². The first-order valence-electron chi connectivity index (χ1n) is 4.82. The number of nitrogens with one attached hydrogen (secondary N) is 2. The Morgan fingerprint density at radius 1 is 1.62 bits per heavy atom. The van der Waals surface area contributed by atoms with Gasteiger partial charge in [-0.25, -0.2) is 0 Å². The van der Waals surface area contributed by atoms with Crippen LogP contribution < -0.4 is 11.1 Å². The molecular formula is C9H16N4. The molecule has 1 aromatic rings. The summed E-state index contributed by atoms with van der Waals surface area (Å²) >= 11 is 0. The first kappa shape index (κ1) is 8.72. The third-order valence-corrected chi connectivity index (χ3v) is 2.61. The Balaban J connectivity index is 1.74.